The lowest BCUT2D eigenvalue weighted by Gasteiger charge is -2.08. The molecule has 0 saturated carbocycles. The second kappa shape index (κ2) is 5.46. The molecule has 0 atom stereocenters. The van der Waals surface area contributed by atoms with Crippen LogP contribution in [0.1, 0.15) is 27.0 Å². The molecule has 0 aliphatic heterocycles. The molecule has 0 aromatic carbocycles. The van der Waals surface area contributed by atoms with E-state index in [-0.39, 0.29) is 6.61 Å². The molecule has 0 bridgehead atoms. The van der Waals surface area contributed by atoms with Crippen molar-refractivity contribution in [3.05, 3.63) is 39.1 Å². The number of nitrogens with zero attached hydrogens (tertiary/aromatic N) is 2. The van der Waals surface area contributed by atoms with Gasteiger partial charge in [0.15, 0.2) is 0 Å². The van der Waals surface area contributed by atoms with E-state index in [0.717, 1.165) is 16.4 Å². The van der Waals surface area contributed by atoms with E-state index in [1.54, 1.807) is 11.3 Å². The zero-order chi connectivity index (χ0) is 13.1. The molecule has 5 heteroatoms. The van der Waals surface area contributed by atoms with Crippen LogP contribution < -0.4 is 4.74 Å². The normalized spacial score (nSPS) is 10.7. The standard InChI is InChI=1S/C13H16N2O2S/c1-8-4-5-12(11(6-16)14-8)17-7-13-15-9(2)10(3)18-13/h4-5,16H,6-7H2,1-3H3. The number of aromatic nitrogens is 2. The molecule has 0 unspecified atom stereocenters. The van der Waals surface area contributed by atoms with Crippen LogP contribution in [-0.4, -0.2) is 15.1 Å². The van der Waals surface area contributed by atoms with E-state index >= 15 is 0 Å². The molecular weight excluding hydrogens is 248 g/mol. The van der Waals surface area contributed by atoms with Crippen LogP contribution >= 0.6 is 11.3 Å². The average molecular weight is 264 g/mol. The lowest BCUT2D eigenvalue weighted by Crippen LogP contribution is -2.01. The predicted octanol–water partition coefficient (Wildman–Crippen LogP) is 2.53. The minimum atomic E-state index is -0.118. The summed E-state index contributed by atoms with van der Waals surface area (Å²) < 4.78 is 5.66. The molecule has 2 heterocycles. The molecule has 0 fully saturated rings. The van der Waals surface area contributed by atoms with E-state index in [1.807, 2.05) is 32.9 Å². The van der Waals surface area contributed by atoms with E-state index in [4.69, 9.17) is 4.74 Å². The fourth-order valence-corrected chi connectivity index (χ4v) is 2.43. The minimum absolute atomic E-state index is 0.118. The first kappa shape index (κ1) is 13.0. The molecule has 0 amide bonds. The van der Waals surface area contributed by atoms with E-state index in [0.29, 0.717) is 18.1 Å². The molecule has 0 radical (unpaired) electrons. The molecule has 0 aliphatic rings. The Morgan fingerprint density at radius 2 is 2.00 bits per heavy atom. The number of aryl methyl sites for hydroxylation is 3. The van der Waals surface area contributed by atoms with Gasteiger partial charge >= 0.3 is 0 Å². The van der Waals surface area contributed by atoms with Crippen LogP contribution in [0.3, 0.4) is 0 Å². The Hall–Kier alpha value is -1.46. The van der Waals surface area contributed by atoms with E-state index in [9.17, 15) is 5.11 Å². The number of aliphatic hydroxyl groups excluding tert-OH is 1. The Morgan fingerprint density at radius 1 is 1.22 bits per heavy atom. The first-order valence-corrected chi connectivity index (χ1v) is 6.55. The maximum Gasteiger partial charge on any atom is 0.143 e. The smallest absolute Gasteiger partial charge is 0.143 e. The third-order valence-electron chi connectivity index (χ3n) is 2.65. The molecule has 18 heavy (non-hydrogen) atoms. The van der Waals surface area contributed by atoms with Crippen molar-refractivity contribution in [2.45, 2.75) is 34.0 Å². The minimum Gasteiger partial charge on any atom is -0.484 e. The lowest BCUT2D eigenvalue weighted by molar-refractivity contribution is 0.253. The summed E-state index contributed by atoms with van der Waals surface area (Å²) in [6.45, 7) is 6.21. The van der Waals surface area contributed by atoms with Gasteiger partial charge in [0.2, 0.25) is 0 Å². The molecule has 2 aromatic rings. The zero-order valence-electron chi connectivity index (χ0n) is 10.7. The van der Waals surface area contributed by atoms with E-state index < -0.39 is 0 Å². The summed E-state index contributed by atoms with van der Waals surface area (Å²) in [7, 11) is 0. The molecule has 2 aromatic heterocycles. The summed E-state index contributed by atoms with van der Waals surface area (Å²) in [5, 5.41) is 10.2. The van der Waals surface area contributed by atoms with Crippen molar-refractivity contribution in [3.8, 4) is 5.75 Å². The number of hydrogen-bond acceptors (Lipinski definition) is 5. The van der Waals surface area contributed by atoms with Gasteiger partial charge in [0.25, 0.3) is 0 Å². The van der Waals surface area contributed by atoms with E-state index in [1.165, 1.54) is 4.88 Å². The van der Waals surface area contributed by atoms with Gasteiger partial charge in [-0.15, -0.1) is 11.3 Å². The molecule has 2 rings (SSSR count). The summed E-state index contributed by atoms with van der Waals surface area (Å²) in [4.78, 5) is 9.85. The lowest BCUT2D eigenvalue weighted by atomic mass is 10.3. The first-order valence-electron chi connectivity index (χ1n) is 5.73. The molecule has 1 N–H and O–H groups in total. The van der Waals surface area contributed by atoms with Crippen molar-refractivity contribution in [1.29, 1.82) is 0 Å². The van der Waals surface area contributed by atoms with Crippen molar-refractivity contribution in [2.75, 3.05) is 0 Å². The highest BCUT2D eigenvalue weighted by molar-refractivity contribution is 7.11. The van der Waals surface area contributed by atoms with Gasteiger partial charge in [0.05, 0.1) is 12.3 Å². The van der Waals surface area contributed by atoms with Gasteiger partial charge in [-0.1, -0.05) is 0 Å². The number of hydrogen-bond donors (Lipinski definition) is 1. The van der Waals surface area contributed by atoms with Crippen molar-refractivity contribution < 1.29 is 9.84 Å². The Balaban J connectivity index is 2.10. The van der Waals surface area contributed by atoms with Crippen molar-refractivity contribution in [1.82, 2.24) is 9.97 Å². The predicted molar refractivity (Wildman–Crippen MR) is 70.8 cm³/mol. The van der Waals surface area contributed by atoms with Crippen molar-refractivity contribution in [3.63, 3.8) is 0 Å². The fourth-order valence-electron chi connectivity index (χ4n) is 1.58. The summed E-state index contributed by atoms with van der Waals surface area (Å²) in [6.07, 6.45) is 0. The maximum atomic E-state index is 9.23. The fraction of sp³-hybridized carbons (Fsp3) is 0.385. The van der Waals surface area contributed by atoms with Gasteiger partial charge in [-0.3, -0.25) is 4.98 Å². The highest BCUT2D eigenvalue weighted by Gasteiger charge is 2.08. The van der Waals surface area contributed by atoms with Crippen LogP contribution in [0.15, 0.2) is 12.1 Å². The Morgan fingerprint density at radius 3 is 2.61 bits per heavy atom. The SMILES string of the molecule is Cc1ccc(OCc2nc(C)c(C)s2)c(CO)n1. The van der Waals surface area contributed by atoms with Gasteiger partial charge in [0, 0.05) is 10.6 Å². The number of rotatable bonds is 4. The Labute approximate surface area is 110 Å². The Bertz CT molecular complexity index is 532. The van der Waals surface area contributed by atoms with Crippen LogP contribution in [0.25, 0.3) is 0 Å². The quantitative estimate of drug-likeness (QED) is 0.922. The number of pyridine rings is 1. The van der Waals surface area contributed by atoms with Crippen molar-refractivity contribution >= 4 is 11.3 Å². The first-order chi connectivity index (χ1) is 8.60. The topological polar surface area (TPSA) is 55.2 Å². The molecule has 4 nitrogen and oxygen atoms in total. The molecule has 0 spiro atoms. The highest BCUT2D eigenvalue weighted by Crippen LogP contribution is 2.21. The number of aliphatic hydroxyl groups is 1. The Kier molecular flexibility index (Phi) is 3.93. The average Bonchev–Trinajstić information content (AvgIpc) is 2.67. The van der Waals surface area contributed by atoms with Crippen LogP contribution in [0.4, 0.5) is 0 Å². The zero-order valence-corrected chi connectivity index (χ0v) is 11.5. The molecule has 0 aliphatic carbocycles. The van der Waals surface area contributed by atoms with Crippen LogP contribution in [0, 0.1) is 20.8 Å². The number of ether oxygens (including phenoxy) is 1. The molecule has 0 saturated heterocycles. The second-order valence-corrected chi connectivity index (χ2v) is 5.38. The summed E-state index contributed by atoms with van der Waals surface area (Å²) in [5.74, 6) is 0.619. The largest absolute Gasteiger partial charge is 0.484 e. The molecular formula is C13H16N2O2S. The van der Waals surface area contributed by atoms with Crippen LogP contribution in [0.5, 0.6) is 5.75 Å². The third kappa shape index (κ3) is 2.86. The van der Waals surface area contributed by atoms with Gasteiger partial charge in [-0.2, -0.15) is 0 Å². The van der Waals surface area contributed by atoms with Gasteiger partial charge in [-0.25, -0.2) is 4.98 Å². The van der Waals surface area contributed by atoms with E-state index in [2.05, 4.69) is 9.97 Å². The van der Waals surface area contributed by atoms with Crippen LogP contribution in [-0.2, 0) is 13.2 Å². The maximum absolute atomic E-state index is 9.23. The monoisotopic (exact) mass is 264 g/mol. The van der Waals surface area contributed by atoms with Crippen molar-refractivity contribution in [2.24, 2.45) is 0 Å². The second-order valence-electron chi connectivity index (χ2n) is 4.09. The summed E-state index contributed by atoms with van der Waals surface area (Å²) >= 11 is 1.63. The van der Waals surface area contributed by atoms with Crippen LogP contribution in [0.2, 0.25) is 0 Å². The highest BCUT2D eigenvalue weighted by atomic mass is 32.1. The third-order valence-corrected chi connectivity index (χ3v) is 3.69. The summed E-state index contributed by atoms with van der Waals surface area (Å²) in [5.41, 5.74) is 2.48. The molecule has 96 valence electrons. The number of thiazole rings is 1. The van der Waals surface area contributed by atoms with Gasteiger partial charge < -0.3 is 9.84 Å². The summed E-state index contributed by atoms with van der Waals surface area (Å²) in [6, 6.07) is 3.70. The van der Waals surface area contributed by atoms with Gasteiger partial charge in [0.1, 0.15) is 23.1 Å². The van der Waals surface area contributed by atoms with Gasteiger partial charge in [-0.05, 0) is 32.9 Å².